The smallest absolute Gasteiger partial charge is 0.152 e. The minimum Gasteiger partial charge on any atom is -0.355 e. The van der Waals surface area contributed by atoms with Crippen molar-refractivity contribution in [2.75, 3.05) is 36.0 Å². The Bertz CT molecular complexity index is 545. The second kappa shape index (κ2) is 6.54. The van der Waals surface area contributed by atoms with E-state index in [9.17, 15) is 8.42 Å². The molecule has 0 amide bonds. The van der Waals surface area contributed by atoms with Gasteiger partial charge in [-0.1, -0.05) is 13.0 Å². The van der Waals surface area contributed by atoms with Crippen molar-refractivity contribution in [3.8, 4) is 0 Å². The van der Waals surface area contributed by atoms with E-state index < -0.39 is 9.84 Å². The second-order valence-corrected chi connectivity index (χ2v) is 7.49. The third kappa shape index (κ3) is 3.70. The lowest BCUT2D eigenvalue weighted by Crippen LogP contribution is -2.30. The average Bonchev–Trinajstić information content (AvgIpc) is 2.60. The van der Waals surface area contributed by atoms with Crippen LogP contribution in [-0.2, 0) is 9.84 Å². The van der Waals surface area contributed by atoms with Gasteiger partial charge in [-0.2, -0.15) is 0 Å². The third-order valence-corrected chi connectivity index (χ3v) is 5.36. The van der Waals surface area contributed by atoms with Gasteiger partial charge in [0.1, 0.15) is 5.82 Å². The standard InChI is InChI=1S/C14H23N3O2S/c1-3-15-12(2)13-6-4-7-16-14(13)17-8-5-10-20(18,19)11-9-17/h4,6-7,12,15H,3,5,8-11H2,1-2H3. The van der Waals surface area contributed by atoms with Gasteiger partial charge in [-0.15, -0.1) is 0 Å². The van der Waals surface area contributed by atoms with Gasteiger partial charge in [0, 0.05) is 30.9 Å². The predicted molar refractivity (Wildman–Crippen MR) is 81.8 cm³/mol. The molecule has 1 aromatic rings. The number of hydrogen-bond donors (Lipinski definition) is 1. The minimum absolute atomic E-state index is 0.212. The largest absolute Gasteiger partial charge is 0.355 e. The number of pyridine rings is 1. The van der Waals surface area contributed by atoms with E-state index in [1.165, 1.54) is 0 Å². The molecule has 1 aromatic heterocycles. The number of sulfone groups is 1. The van der Waals surface area contributed by atoms with Gasteiger partial charge in [-0.3, -0.25) is 0 Å². The van der Waals surface area contributed by atoms with Gasteiger partial charge in [-0.05, 0) is 26.0 Å². The lowest BCUT2D eigenvalue weighted by atomic mass is 10.1. The van der Waals surface area contributed by atoms with Crippen molar-refractivity contribution in [3.63, 3.8) is 0 Å². The molecule has 1 N–H and O–H groups in total. The van der Waals surface area contributed by atoms with E-state index in [0.29, 0.717) is 13.0 Å². The van der Waals surface area contributed by atoms with E-state index in [2.05, 4.69) is 35.1 Å². The summed E-state index contributed by atoms with van der Waals surface area (Å²) in [6.45, 7) is 6.36. The van der Waals surface area contributed by atoms with Gasteiger partial charge in [0.15, 0.2) is 9.84 Å². The minimum atomic E-state index is -2.89. The Morgan fingerprint density at radius 1 is 1.40 bits per heavy atom. The molecule has 6 heteroatoms. The summed E-state index contributed by atoms with van der Waals surface area (Å²) < 4.78 is 23.4. The summed E-state index contributed by atoms with van der Waals surface area (Å²) in [6.07, 6.45) is 2.45. The summed E-state index contributed by atoms with van der Waals surface area (Å²) >= 11 is 0. The molecule has 1 saturated heterocycles. The highest BCUT2D eigenvalue weighted by Gasteiger charge is 2.22. The van der Waals surface area contributed by atoms with Gasteiger partial charge in [0.25, 0.3) is 0 Å². The molecule has 112 valence electrons. The molecular formula is C14H23N3O2S. The Balaban J connectivity index is 2.24. The van der Waals surface area contributed by atoms with Crippen molar-refractivity contribution in [1.29, 1.82) is 0 Å². The fourth-order valence-electron chi connectivity index (χ4n) is 2.58. The zero-order valence-corrected chi connectivity index (χ0v) is 13.0. The second-order valence-electron chi connectivity index (χ2n) is 5.19. The van der Waals surface area contributed by atoms with E-state index in [4.69, 9.17) is 0 Å². The topological polar surface area (TPSA) is 62.3 Å². The van der Waals surface area contributed by atoms with Crippen LogP contribution in [0.15, 0.2) is 18.3 Å². The molecule has 0 saturated carbocycles. The van der Waals surface area contributed by atoms with E-state index >= 15 is 0 Å². The van der Waals surface area contributed by atoms with E-state index in [1.54, 1.807) is 6.20 Å². The van der Waals surface area contributed by atoms with Crippen LogP contribution in [0, 0.1) is 0 Å². The summed E-state index contributed by atoms with van der Waals surface area (Å²) in [5.41, 5.74) is 1.13. The maximum atomic E-state index is 11.7. The summed E-state index contributed by atoms with van der Waals surface area (Å²) in [5.74, 6) is 1.42. The fraction of sp³-hybridized carbons (Fsp3) is 0.643. The Morgan fingerprint density at radius 2 is 2.20 bits per heavy atom. The fourth-order valence-corrected chi connectivity index (χ4v) is 3.85. The lowest BCUT2D eigenvalue weighted by Gasteiger charge is -2.26. The van der Waals surface area contributed by atoms with Crippen LogP contribution in [0.2, 0.25) is 0 Å². The predicted octanol–water partition coefficient (Wildman–Crippen LogP) is 1.38. The summed E-state index contributed by atoms with van der Waals surface area (Å²) in [4.78, 5) is 6.59. The zero-order chi connectivity index (χ0) is 14.6. The zero-order valence-electron chi connectivity index (χ0n) is 12.2. The molecule has 20 heavy (non-hydrogen) atoms. The van der Waals surface area contributed by atoms with E-state index in [1.807, 2.05) is 6.07 Å². The van der Waals surface area contributed by atoms with Crippen LogP contribution >= 0.6 is 0 Å². The molecule has 1 aliphatic heterocycles. The molecule has 0 aromatic carbocycles. The maximum absolute atomic E-state index is 11.7. The average molecular weight is 297 g/mol. The lowest BCUT2D eigenvalue weighted by molar-refractivity contribution is 0.593. The summed E-state index contributed by atoms with van der Waals surface area (Å²) in [7, 11) is -2.89. The Kier molecular flexibility index (Phi) is 4.99. The molecule has 0 spiro atoms. The van der Waals surface area contributed by atoms with Gasteiger partial charge >= 0.3 is 0 Å². The van der Waals surface area contributed by atoms with Crippen molar-refractivity contribution < 1.29 is 8.42 Å². The van der Waals surface area contributed by atoms with Crippen molar-refractivity contribution in [1.82, 2.24) is 10.3 Å². The third-order valence-electron chi connectivity index (χ3n) is 3.65. The summed E-state index contributed by atoms with van der Waals surface area (Å²) in [6, 6.07) is 4.21. The molecule has 1 atom stereocenters. The van der Waals surface area contributed by atoms with Crippen molar-refractivity contribution in [2.45, 2.75) is 26.3 Å². The molecule has 0 bridgehead atoms. The van der Waals surface area contributed by atoms with Crippen LogP contribution in [0.25, 0.3) is 0 Å². The molecule has 2 rings (SSSR count). The van der Waals surface area contributed by atoms with Crippen molar-refractivity contribution >= 4 is 15.7 Å². The normalized spacial score (nSPS) is 20.4. The Labute approximate surface area is 121 Å². The highest BCUT2D eigenvalue weighted by atomic mass is 32.2. The van der Waals surface area contributed by atoms with Crippen molar-refractivity contribution in [2.24, 2.45) is 0 Å². The quantitative estimate of drug-likeness (QED) is 0.909. The van der Waals surface area contributed by atoms with E-state index in [-0.39, 0.29) is 17.5 Å². The van der Waals surface area contributed by atoms with Crippen LogP contribution in [0.5, 0.6) is 0 Å². The molecular weight excluding hydrogens is 274 g/mol. The first-order chi connectivity index (χ1) is 9.53. The Morgan fingerprint density at radius 3 is 2.95 bits per heavy atom. The summed E-state index contributed by atoms with van der Waals surface area (Å²) in [5, 5.41) is 3.39. The maximum Gasteiger partial charge on any atom is 0.152 e. The molecule has 2 heterocycles. The first kappa shape index (κ1) is 15.3. The van der Waals surface area contributed by atoms with Crippen LogP contribution in [0.4, 0.5) is 5.82 Å². The monoisotopic (exact) mass is 297 g/mol. The first-order valence-corrected chi connectivity index (χ1v) is 8.99. The highest BCUT2D eigenvalue weighted by molar-refractivity contribution is 7.91. The number of nitrogens with zero attached hydrogens (tertiary/aromatic N) is 2. The van der Waals surface area contributed by atoms with Gasteiger partial charge < -0.3 is 10.2 Å². The van der Waals surface area contributed by atoms with Crippen LogP contribution in [-0.4, -0.2) is 44.5 Å². The van der Waals surface area contributed by atoms with Crippen LogP contribution in [0.3, 0.4) is 0 Å². The SMILES string of the molecule is CCNC(C)c1cccnc1N1CCCS(=O)(=O)CC1. The van der Waals surface area contributed by atoms with Crippen molar-refractivity contribution in [3.05, 3.63) is 23.9 Å². The van der Waals surface area contributed by atoms with E-state index in [0.717, 1.165) is 24.5 Å². The molecule has 0 aliphatic carbocycles. The highest BCUT2D eigenvalue weighted by Crippen LogP contribution is 2.25. The first-order valence-electron chi connectivity index (χ1n) is 7.17. The number of aromatic nitrogens is 1. The molecule has 1 aliphatic rings. The molecule has 0 radical (unpaired) electrons. The number of rotatable bonds is 4. The molecule has 1 fully saturated rings. The number of anilines is 1. The van der Waals surface area contributed by atoms with Gasteiger partial charge in [0.05, 0.1) is 11.5 Å². The molecule has 1 unspecified atom stereocenters. The van der Waals surface area contributed by atoms with Gasteiger partial charge in [0.2, 0.25) is 0 Å². The van der Waals surface area contributed by atoms with Crippen LogP contribution < -0.4 is 10.2 Å². The van der Waals surface area contributed by atoms with Crippen LogP contribution in [0.1, 0.15) is 31.9 Å². The molecule has 5 nitrogen and oxygen atoms in total. The van der Waals surface area contributed by atoms with Gasteiger partial charge in [-0.25, -0.2) is 13.4 Å². The number of hydrogen-bond acceptors (Lipinski definition) is 5. The number of nitrogens with one attached hydrogen (secondary N) is 1. The Hall–Kier alpha value is -1.14.